The van der Waals surface area contributed by atoms with Gasteiger partial charge in [0.1, 0.15) is 4.90 Å². The Morgan fingerprint density at radius 3 is 2.48 bits per heavy atom. The molecule has 168 valence electrons. The number of rotatable bonds is 8. The molecule has 2 N–H and O–H groups in total. The fourth-order valence-electron chi connectivity index (χ4n) is 2.76. The van der Waals surface area contributed by atoms with E-state index >= 15 is 4.39 Å². The van der Waals surface area contributed by atoms with E-state index in [4.69, 9.17) is 4.84 Å². The summed E-state index contributed by atoms with van der Waals surface area (Å²) in [6.07, 6.45) is 1.98. The summed E-state index contributed by atoms with van der Waals surface area (Å²) in [7, 11) is -1.97. The molecule has 11 heteroatoms. The molecule has 1 saturated carbocycles. The average Bonchev–Trinajstić information content (AvgIpc) is 3.51. The highest BCUT2D eigenvalue weighted by Gasteiger charge is 2.31. The van der Waals surface area contributed by atoms with Crippen molar-refractivity contribution in [3.05, 3.63) is 50.6 Å². The van der Waals surface area contributed by atoms with E-state index in [1.807, 2.05) is 6.07 Å². The predicted molar refractivity (Wildman–Crippen MR) is 121 cm³/mol. The summed E-state index contributed by atoms with van der Waals surface area (Å²) in [6.45, 7) is 2.05. The van der Waals surface area contributed by atoms with Crippen LogP contribution in [0.1, 0.15) is 28.8 Å². The lowest BCUT2D eigenvalue weighted by atomic mass is 10.1. The van der Waals surface area contributed by atoms with E-state index < -0.39 is 43.7 Å². The molecule has 1 fully saturated rings. The Balaban J connectivity index is 2.07. The predicted octanol–water partition coefficient (Wildman–Crippen LogP) is 3.94. The first-order valence-electron chi connectivity index (χ1n) is 9.42. The van der Waals surface area contributed by atoms with E-state index in [9.17, 15) is 17.6 Å². The molecule has 2 aromatic carbocycles. The number of aryl methyl sites for hydroxylation is 1. The van der Waals surface area contributed by atoms with Gasteiger partial charge >= 0.3 is 0 Å². The molecule has 1 aliphatic rings. The van der Waals surface area contributed by atoms with Crippen LogP contribution in [-0.2, 0) is 14.9 Å². The maximum atomic E-state index is 15.1. The second-order valence-corrected chi connectivity index (χ2v) is 10.8. The Labute approximate surface area is 193 Å². The van der Waals surface area contributed by atoms with Gasteiger partial charge in [0.15, 0.2) is 11.6 Å². The highest BCUT2D eigenvalue weighted by atomic mass is 127. The lowest BCUT2D eigenvalue weighted by Crippen LogP contribution is -2.28. The smallest absolute Gasteiger partial charge is 0.277 e. The van der Waals surface area contributed by atoms with Gasteiger partial charge in [0, 0.05) is 23.4 Å². The van der Waals surface area contributed by atoms with E-state index in [2.05, 4.69) is 33.4 Å². The summed E-state index contributed by atoms with van der Waals surface area (Å²) < 4.78 is 56.6. The van der Waals surface area contributed by atoms with Gasteiger partial charge in [-0.05, 0) is 78.1 Å². The number of nitrogens with one attached hydrogen (secondary N) is 2. The maximum Gasteiger partial charge on any atom is 0.277 e. The fraction of sp³-hybridized carbons (Fsp3) is 0.350. The molecule has 1 amide bonds. The van der Waals surface area contributed by atoms with E-state index in [1.54, 1.807) is 19.1 Å². The highest BCUT2D eigenvalue weighted by Crippen LogP contribution is 2.33. The summed E-state index contributed by atoms with van der Waals surface area (Å²) in [4.78, 5) is 17.0. The van der Waals surface area contributed by atoms with Crippen molar-refractivity contribution in [3.8, 4) is 0 Å². The normalized spacial score (nSPS) is 14.0. The lowest BCUT2D eigenvalue weighted by Gasteiger charge is -2.19. The monoisotopic (exact) mass is 565 g/mol. The van der Waals surface area contributed by atoms with Gasteiger partial charge in [0.25, 0.3) is 5.91 Å². The molecule has 7 nitrogen and oxygen atoms in total. The number of anilines is 2. The van der Waals surface area contributed by atoms with E-state index in [1.165, 1.54) is 14.1 Å². The minimum Gasteiger partial charge on any atom is -0.352 e. The molecule has 3 rings (SSSR count). The molecule has 31 heavy (non-hydrogen) atoms. The summed E-state index contributed by atoms with van der Waals surface area (Å²) in [5, 5.41) is 2.73. The Kier molecular flexibility index (Phi) is 7.18. The largest absolute Gasteiger partial charge is 0.352 e. The quantitative estimate of drug-likeness (QED) is 0.374. The molecule has 0 bridgehead atoms. The number of hydroxylamine groups is 1. The fourth-order valence-corrected chi connectivity index (χ4v) is 4.38. The van der Waals surface area contributed by atoms with Crippen LogP contribution in [0.4, 0.5) is 20.2 Å². The third kappa shape index (κ3) is 5.33. The van der Waals surface area contributed by atoms with Gasteiger partial charge in [-0.1, -0.05) is 0 Å². The van der Waals surface area contributed by atoms with Gasteiger partial charge in [0.2, 0.25) is 10.0 Å². The van der Waals surface area contributed by atoms with Crippen LogP contribution in [0, 0.1) is 28.0 Å². The summed E-state index contributed by atoms with van der Waals surface area (Å²) in [5.41, 5.74) is 2.49. The summed E-state index contributed by atoms with van der Waals surface area (Å²) in [6, 6.07) is 6.05. The first-order valence-corrected chi connectivity index (χ1v) is 11.9. The molecule has 0 radical (unpaired) electrons. The van der Waals surface area contributed by atoms with Crippen molar-refractivity contribution in [2.75, 3.05) is 26.0 Å². The zero-order valence-corrected chi connectivity index (χ0v) is 20.1. The third-order valence-electron chi connectivity index (χ3n) is 4.81. The second-order valence-electron chi connectivity index (χ2n) is 7.48. The first kappa shape index (κ1) is 23.8. The van der Waals surface area contributed by atoms with Crippen LogP contribution in [-0.4, -0.2) is 39.3 Å². The summed E-state index contributed by atoms with van der Waals surface area (Å²) in [5.74, 6) is -3.59. The van der Waals surface area contributed by atoms with Gasteiger partial charge in [-0.3, -0.25) is 9.63 Å². The number of carbonyl (C=O) groups is 1. The third-order valence-corrected chi connectivity index (χ3v) is 7.29. The van der Waals surface area contributed by atoms with Crippen molar-refractivity contribution in [1.82, 2.24) is 9.79 Å². The first-order chi connectivity index (χ1) is 14.5. The van der Waals surface area contributed by atoms with Crippen LogP contribution in [0.15, 0.2) is 29.2 Å². The van der Waals surface area contributed by atoms with E-state index in [0.717, 1.165) is 32.3 Å². The number of amides is 1. The van der Waals surface area contributed by atoms with Gasteiger partial charge < -0.3 is 5.32 Å². The summed E-state index contributed by atoms with van der Waals surface area (Å²) >= 11 is 2.11. The van der Waals surface area contributed by atoms with Crippen molar-refractivity contribution in [2.24, 2.45) is 5.92 Å². The molecule has 0 atom stereocenters. The molecule has 0 aliphatic heterocycles. The van der Waals surface area contributed by atoms with E-state index in [0.29, 0.717) is 11.6 Å². The van der Waals surface area contributed by atoms with Gasteiger partial charge in [-0.25, -0.2) is 27.0 Å². The number of nitrogens with zero attached hydrogens (tertiary/aromatic N) is 1. The molecule has 0 spiro atoms. The Bertz CT molecular complexity index is 1120. The van der Waals surface area contributed by atoms with Crippen LogP contribution in [0.5, 0.6) is 0 Å². The van der Waals surface area contributed by atoms with Crippen molar-refractivity contribution in [1.29, 1.82) is 0 Å². The zero-order valence-electron chi connectivity index (χ0n) is 17.1. The molecule has 0 aromatic heterocycles. The number of carbonyl (C=O) groups excluding carboxylic acids is 1. The van der Waals surface area contributed by atoms with E-state index in [-0.39, 0.29) is 6.61 Å². The van der Waals surface area contributed by atoms with Crippen LogP contribution in [0.25, 0.3) is 0 Å². The molecule has 1 aliphatic carbocycles. The van der Waals surface area contributed by atoms with Crippen molar-refractivity contribution >= 4 is 49.9 Å². The van der Waals surface area contributed by atoms with Crippen molar-refractivity contribution < 1.29 is 26.8 Å². The molecular formula is C20H22F2IN3O4S. The van der Waals surface area contributed by atoms with Crippen molar-refractivity contribution in [2.45, 2.75) is 24.7 Å². The topological polar surface area (TPSA) is 87.7 Å². The minimum absolute atomic E-state index is 0.289. The van der Waals surface area contributed by atoms with Gasteiger partial charge in [-0.2, -0.15) is 0 Å². The number of benzene rings is 2. The Morgan fingerprint density at radius 1 is 1.23 bits per heavy atom. The number of hydrogen-bond acceptors (Lipinski definition) is 5. The van der Waals surface area contributed by atoms with Gasteiger partial charge in [-0.15, -0.1) is 0 Å². The number of hydrogen-bond donors (Lipinski definition) is 2. The van der Waals surface area contributed by atoms with Crippen LogP contribution >= 0.6 is 22.6 Å². The lowest BCUT2D eigenvalue weighted by molar-refractivity contribution is 0.0270. The molecule has 0 heterocycles. The minimum atomic E-state index is -4.34. The van der Waals surface area contributed by atoms with Gasteiger partial charge in [0.05, 0.1) is 17.9 Å². The maximum absolute atomic E-state index is 15.1. The number of sulfonamides is 1. The average molecular weight is 565 g/mol. The van der Waals surface area contributed by atoms with Crippen molar-refractivity contribution in [3.63, 3.8) is 0 Å². The highest BCUT2D eigenvalue weighted by molar-refractivity contribution is 14.1. The Hall–Kier alpha value is -1.83. The zero-order chi connectivity index (χ0) is 22.9. The molecule has 0 unspecified atom stereocenters. The molecular weight excluding hydrogens is 543 g/mol. The standard InChI is InChI=1S/C20H22F2IN3O4S/c1-11-8-13(23)6-7-15(11)24-19-14(20(27)25-30-10-12-4-5-12)9-16(17(21)18(19)22)31(28,29)26(2)3/h6-9,12,24H,4-5,10H2,1-3H3,(H,25,27). The molecule has 2 aromatic rings. The SMILES string of the molecule is Cc1cc(I)ccc1Nc1c(C(=O)NOCC2CC2)cc(S(=O)(=O)N(C)C)c(F)c1F. The van der Waals surface area contributed by atoms with Crippen LogP contribution < -0.4 is 10.8 Å². The number of halogens is 3. The Morgan fingerprint density at radius 2 is 1.90 bits per heavy atom. The van der Waals surface area contributed by atoms with Crippen LogP contribution in [0.2, 0.25) is 0 Å². The molecule has 0 saturated heterocycles. The second kappa shape index (κ2) is 9.35. The van der Waals surface area contributed by atoms with Crippen LogP contribution in [0.3, 0.4) is 0 Å².